The van der Waals surface area contributed by atoms with Crippen LogP contribution in [0.25, 0.3) is 0 Å². The van der Waals surface area contributed by atoms with Gasteiger partial charge >= 0.3 is 6.03 Å². The van der Waals surface area contributed by atoms with Crippen LogP contribution in [0.15, 0.2) is 0 Å². The number of hydrogen-bond donors (Lipinski definition) is 4. The van der Waals surface area contributed by atoms with Crippen LogP contribution in [0.3, 0.4) is 0 Å². The Morgan fingerprint density at radius 3 is 3.00 bits per heavy atom. The topological polar surface area (TPSA) is 96.2 Å². The number of hydrazine groups is 1. The molecule has 1 atom stereocenters. The summed E-state index contributed by atoms with van der Waals surface area (Å²) in [7, 11) is 0. The molecule has 0 aliphatic carbocycles. The van der Waals surface area contributed by atoms with Crippen LogP contribution in [0.1, 0.15) is 12.8 Å². The number of carbonyl (C=O) groups excluding carboxylic acids is 2. The van der Waals surface area contributed by atoms with E-state index in [0.29, 0.717) is 13.0 Å². The third-order valence-corrected chi connectivity index (χ3v) is 1.72. The van der Waals surface area contributed by atoms with Gasteiger partial charge in [-0.15, -0.1) is 0 Å². The largest absolute Gasteiger partial charge is 0.354 e. The SMILES string of the molecule is NNC(=O)NC1CCCNC1=O. The summed E-state index contributed by atoms with van der Waals surface area (Å²) in [4.78, 5) is 21.7. The highest BCUT2D eigenvalue weighted by Gasteiger charge is 2.22. The van der Waals surface area contributed by atoms with Crippen molar-refractivity contribution >= 4 is 11.9 Å². The molecule has 6 nitrogen and oxygen atoms in total. The van der Waals surface area contributed by atoms with Gasteiger partial charge in [-0.3, -0.25) is 10.2 Å². The van der Waals surface area contributed by atoms with Crippen molar-refractivity contribution in [1.82, 2.24) is 16.1 Å². The van der Waals surface area contributed by atoms with Gasteiger partial charge in [0.2, 0.25) is 5.91 Å². The first-order chi connectivity index (χ1) is 5.74. The second-order valence-corrected chi connectivity index (χ2v) is 2.60. The number of rotatable bonds is 1. The minimum atomic E-state index is -0.531. The average molecular weight is 172 g/mol. The van der Waals surface area contributed by atoms with Crippen molar-refractivity contribution in [1.29, 1.82) is 0 Å². The van der Waals surface area contributed by atoms with Crippen LogP contribution in [0.5, 0.6) is 0 Å². The molecule has 0 aromatic heterocycles. The number of nitrogens with one attached hydrogen (secondary N) is 3. The summed E-state index contributed by atoms with van der Waals surface area (Å²) < 4.78 is 0. The summed E-state index contributed by atoms with van der Waals surface area (Å²) in [6.07, 6.45) is 1.54. The number of amides is 3. The van der Waals surface area contributed by atoms with Gasteiger partial charge in [0.1, 0.15) is 6.04 Å². The van der Waals surface area contributed by atoms with Gasteiger partial charge in [0.15, 0.2) is 0 Å². The third kappa shape index (κ3) is 2.09. The van der Waals surface area contributed by atoms with E-state index in [9.17, 15) is 9.59 Å². The minimum Gasteiger partial charge on any atom is -0.354 e. The van der Waals surface area contributed by atoms with E-state index in [1.54, 1.807) is 0 Å². The van der Waals surface area contributed by atoms with Gasteiger partial charge in [0, 0.05) is 6.54 Å². The summed E-state index contributed by atoms with van der Waals surface area (Å²) in [5.74, 6) is 4.69. The van der Waals surface area contributed by atoms with Crippen molar-refractivity contribution in [2.75, 3.05) is 6.54 Å². The Bertz CT molecular complexity index is 194. The maximum absolute atomic E-state index is 11.1. The van der Waals surface area contributed by atoms with E-state index < -0.39 is 12.1 Å². The zero-order valence-corrected chi connectivity index (χ0v) is 6.59. The van der Waals surface area contributed by atoms with Crippen molar-refractivity contribution in [3.63, 3.8) is 0 Å². The Morgan fingerprint density at radius 1 is 1.67 bits per heavy atom. The molecule has 0 spiro atoms. The normalized spacial score (nSPS) is 22.8. The Hall–Kier alpha value is -1.30. The maximum atomic E-state index is 11.1. The lowest BCUT2D eigenvalue weighted by Gasteiger charge is -2.22. The molecule has 1 aliphatic heterocycles. The van der Waals surface area contributed by atoms with Crippen LogP contribution in [0.2, 0.25) is 0 Å². The maximum Gasteiger partial charge on any atom is 0.329 e. The molecule has 12 heavy (non-hydrogen) atoms. The Balaban J connectivity index is 2.39. The van der Waals surface area contributed by atoms with Crippen LogP contribution >= 0.6 is 0 Å². The van der Waals surface area contributed by atoms with Crippen molar-refractivity contribution in [2.45, 2.75) is 18.9 Å². The van der Waals surface area contributed by atoms with E-state index in [0.717, 1.165) is 6.42 Å². The lowest BCUT2D eigenvalue weighted by Crippen LogP contribution is -2.53. The van der Waals surface area contributed by atoms with Crippen LogP contribution < -0.4 is 21.9 Å². The molecule has 3 amide bonds. The second kappa shape index (κ2) is 3.91. The van der Waals surface area contributed by atoms with Crippen LogP contribution in [0.4, 0.5) is 4.79 Å². The lowest BCUT2D eigenvalue weighted by molar-refractivity contribution is -0.124. The van der Waals surface area contributed by atoms with Crippen molar-refractivity contribution in [3.8, 4) is 0 Å². The van der Waals surface area contributed by atoms with Gasteiger partial charge in [-0.2, -0.15) is 0 Å². The molecule has 1 aliphatic rings. The van der Waals surface area contributed by atoms with E-state index >= 15 is 0 Å². The molecular formula is C6H12N4O2. The first-order valence-corrected chi connectivity index (χ1v) is 3.79. The van der Waals surface area contributed by atoms with Gasteiger partial charge in [0.05, 0.1) is 0 Å². The number of hydrogen-bond acceptors (Lipinski definition) is 3. The summed E-state index contributed by atoms with van der Waals surface area (Å²) in [6.45, 7) is 0.682. The van der Waals surface area contributed by atoms with Crippen LogP contribution in [-0.4, -0.2) is 24.5 Å². The van der Waals surface area contributed by atoms with E-state index in [2.05, 4.69) is 10.6 Å². The average Bonchev–Trinajstić information content (AvgIpc) is 2.09. The van der Waals surface area contributed by atoms with Crippen LogP contribution in [0, 0.1) is 0 Å². The van der Waals surface area contributed by atoms with E-state index in [4.69, 9.17) is 5.84 Å². The molecule has 5 N–H and O–H groups in total. The number of urea groups is 1. The zero-order chi connectivity index (χ0) is 8.97. The Morgan fingerprint density at radius 2 is 2.42 bits per heavy atom. The molecule has 1 heterocycles. The van der Waals surface area contributed by atoms with Gasteiger partial charge in [-0.1, -0.05) is 0 Å². The van der Waals surface area contributed by atoms with Crippen molar-refractivity contribution in [2.24, 2.45) is 5.84 Å². The van der Waals surface area contributed by atoms with Crippen molar-refractivity contribution < 1.29 is 9.59 Å². The molecule has 0 radical (unpaired) electrons. The minimum absolute atomic E-state index is 0.148. The molecule has 0 aromatic carbocycles. The monoisotopic (exact) mass is 172 g/mol. The molecule has 68 valence electrons. The highest BCUT2D eigenvalue weighted by Crippen LogP contribution is 2.01. The molecule has 0 bridgehead atoms. The molecule has 6 heteroatoms. The van der Waals surface area contributed by atoms with Gasteiger partial charge in [-0.05, 0) is 12.8 Å². The third-order valence-electron chi connectivity index (χ3n) is 1.72. The summed E-state index contributed by atoms with van der Waals surface area (Å²) in [5, 5.41) is 5.07. The lowest BCUT2D eigenvalue weighted by atomic mass is 10.1. The predicted octanol–water partition coefficient (Wildman–Crippen LogP) is -1.56. The van der Waals surface area contributed by atoms with Gasteiger partial charge in [-0.25, -0.2) is 10.6 Å². The fourth-order valence-corrected chi connectivity index (χ4v) is 1.11. The first kappa shape index (κ1) is 8.79. The Labute approximate surface area is 69.8 Å². The first-order valence-electron chi connectivity index (χ1n) is 3.79. The second-order valence-electron chi connectivity index (χ2n) is 2.60. The Kier molecular flexibility index (Phi) is 2.87. The smallest absolute Gasteiger partial charge is 0.329 e. The molecule has 1 unspecified atom stereocenters. The zero-order valence-electron chi connectivity index (χ0n) is 6.59. The number of nitrogens with two attached hydrogens (primary N) is 1. The molecule has 0 saturated carbocycles. The molecule has 1 fully saturated rings. The van der Waals surface area contributed by atoms with Gasteiger partial charge in [0.25, 0.3) is 0 Å². The highest BCUT2D eigenvalue weighted by atomic mass is 16.2. The molecule has 0 aromatic rings. The quantitative estimate of drug-likeness (QED) is 0.219. The summed E-state index contributed by atoms with van der Waals surface area (Å²) >= 11 is 0. The molecule has 1 saturated heterocycles. The number of carbonyl (C=O) groups is 2. The summed E-state index contributed by atoms with van der Waals surface area (Å²) in [5.41, 5.74) is 1.90. The molecular weight excluding hydrogens is 160 g/mol. The fraction of sp³-hybridized carbons (Fsp3) is 0.667. The van der Waals surface area contributed by atoms with E-state index in [1.807, 2.05) is 5.43 Å². The standard InChI is InChI=1S/C6H12N4O2/c7-10-6(12)9-4-2-1-3-8-5(4)11/h4H,1-3,7H2,(H,8,11)(H2,9,10,12). The number of piperidine rings is 1. The predicted molar refractivity (Wildman–Crippen MR) is 41.9 cm³/mol. The van der Waals surface area contributed by atoms with Crippen molar-refractivity contribution in [3.05, 3.63) is 0 Å². The molecule has 1 rings (SSSR count). The van der Waals surface area contributed by atoms with Crippen LogP contribution in [-0.2, 0) is 4.79 Å². The van der Waals surface area contributed by atoms with E-state index in [-0.39, 0.29) is 5.91 Å². The highest BCUT2D eigenvalue weighted by molar-refractivity contribution is 5.87. The van der Waals surface area contributed by atoms with Gasteiger partial charge < -0.3 is 10.6 Å². The fourth-order valence-electron chi connectivity index (χ4n) is 1.11. The summed E-state index contributed by atoms with van der Waals surface area (Å²) in [6, 6.07) is -0.973. The van der Waals surface area contributed by atoms with E-state index in [1.165, 1.54) is 0 Å².